The predicted octanol–water partition coefficient (Wildman–Crippen LogP) is 3.15. The molecule has 0 saturated carbocycles. The molecule has 3 rings (SSSR count). The van der Waals surface area contributed by atoms with Gasteiger partial charge in [-0.3, -0.25) is 4.79 Å². The highest BCUT2D eigenvalue weighted by Crippen LogP contribution is 2.38. The Morgan fingerprint density at radius 3 is 2.42 bits per heavy atom. The minimum atomic E-state index is -0.566. The Morgan fingerprint density at radius 2 is 1.77 bits per heavy atom. The maximum absolute atomic E-state index is 12.7. The third kappa shape index (κ3) is 3.48. The molecule has 1 aliphatic heterocycles. The van der Waals surface area contributed by atoms with Crippen LogP contribution in [-0.2, 0) is 16.0 Å². The van der Waals surface area contributed by atoms with Gasteiger partial charge in [0.25, 0.3) is 0 Å². The fraction of sp³-hybridized carbons (Fsp3) is 0.263. The Morgan fingerprint density at radius 1 is 1.08 bits per heavy atom. The summed E-state index contributed by atoms with van der Waals surface area (Å²) in [5.74, 6) is 0.0542. The highest BCUT2D eigenvalue weighted by Gasteiger charge is 2.29. The van der Waals surface area contributed by atoms with E-state index in [4.69, 9.17) is 14.2 Å². The lowest BCUT2D eigenvalue weighted by molar-refractivity contribution is -0.115. The molecule has 1 heterocycles. The minimum absolute atomic E-state index is 0.177. The van der Waals surface area contributed by atoms with Crippen LogP contribution in [0.4, 0.5) is 5.69 Å². The van der Waals surface area contributed by atoms with Gasteiger partial charge in [-0.2, -0.15) is 0 Å². The first kappa shape index (κ1) is 18.1. The van der Waals surface area contributed by atoms with E-state index in [0.717, 1.165) is 10.5 Å². The number of methoxy groups -OCH3 is 3. The van der Waals surface area contributed by atoms with E-state index in [2.05, 4.69) is 5.32 Å². The summed E-state index contributed by atoms with van der Waals surface area (Å²) in [5.41, 5.74) is 1.69. The molecule has 1 atom stereocenters. The minimum Gasteiger partial charge on any atom is -0.493 e. The van der Waals surface area contributed by atoms with Gasteiger partial charge in [0, 0.05) is 17.0 Å². The maximum Gasteiger partial charge on any atom is 0.340 e. The van der Waals surface area contributed by atoms with Crippen LogP contribution in [0.2, 0.25) is 0 Å². The lowest BCUT2D eigenvalue weighted by Gasteiger charge is -2.16. The molecule has 1 aliphatic rings. The number of carbonyl (C=O) groups is 2. The van der Waals surface area contributed by atoms with Crippen molar-refractivity contribution in [1.82, 2.24) is 0 Å². The first-order valence-electron chi connectivity index (χ1n) is 7.97. The number of hydrogen-bond donors (Lipinski definition) is 1. The van der Waals surface area contributed by atoms with E-state index in [-0.39, 0.29) is 16.7 Å². The van der Waals surface area contributed by atoms with Gasteiger partial charge in [-0.1, -0.05) is 18.2 Å². The van der Waals surface area contributed by atoms with Crippen molar-refractivity contribution in [3.05, 3.63) is 47.5 Å². The molecule has 2 aromatic rings. The summed E-state index contributed by atoms with van der Waals surface area (Å²) in [5, 5.41) is 2.57. The fourth-order valence-corrected chi connectivity index (χ4v) is 4.00. The van der Waals surface area contributed by atoms with Gasteiger partial charge >= 0.3 is 5.97 Å². The fourth-order valence-electron chi connectivity index (χ4n) is 2.80. The number of hydrogen-bond acceptors (Lipinski definition) is 6. The molecular formula is C19H19NO5S. The Kier molecular flexibility index (Phi) is 5.37. The smallest absolute Gasteiger partial charge is 0.340 e. The van der Waals surface area contributed by atoms with E-state index in [1.54, 1.807) is 6.07 Å². The van der Waals surface area contributed by atoms with Crippen molar-refractivity contribution in [2.75, 3.05) is 26.6 Å². The van der Waals surface area contributed by atoms with E-state index in [9.17, 15) is 9.59 Å². The number of nitrogens with one attached hydrogen (secondary N) is 1. The molecule has 1 unspecified atom stereocenters. The van der Waals surface area contributed by atoms with Crippen LogP contribution in [0.15, 0.2) is 41.3 Å². The highest BCUT2D eigenvalue weighted by atomic mass is 32.2. The average Bonchev–Trinajstić information content (AvgIpc) is 3.11. The highest BCUT2D eigenvalue weighted by molar-refractivity contribution is 8.01. The zero-order valence-corrected chi connectivity index (χ0v) is 15.5. The predicted molar refractivity (Wildman–Crippen MR) is 99.3 cm³/mol. The molecule has 0 spiro atoms. The van der Waals surface area contributed by atoms with Gasteiger partial charge in [0.2, 0.25) is 5.91 Å². The molecule has 1 amide bonds. The van der Waals surface area contributed by atoms with E-state index in [1.807, 2.05) is 24.3 Å². The molecule has 0 fully saturated rings. The van der Waals surface area contributed by atoms with Crippen LogP contribution in [0.25, 0.3) is 0 Å². The monoisotopic (exact) mass is 373 g/mol. The molecule has 6 nitrogen and oxygen atoms in total. The van der Waals surface area contributed by atoms with Crippen LogP contribution in [0.5, 0.6) is 11.5 Å². The molecule has 136 valence electrons. The van der Waals surface area contributed by atoms with Gasteiger partial charge in [-0.05, 0) is 18.1 Å². The van der Waals surface area contributed by atoms with Crippen LogP contribution < -0.4 is 14.8 Å². The van der Waals surface area contributed by atoms with Crippen molar-refractivity contribution >= 4 is 29.3 Å². The van der Waals surface area contributed by atoms with Crippen molar-refractivity contribution in [1.29, 1.82) is 0 Å². The summed E-state index contributed by atoms with van der Waals surface area (Å²) in [6, 6.07) is 11.0. The number of benzene rings is 2. The van der Waals surface area contributed by atoms with Gasteiger partial charge in [0.05, 0.1) is 37.8 Å². The standard InChI is InChI=1S/C19H19NO5S/c1-23-14-9-12(19(22)25-3)13(10-15(14)24-2)20-18(21)17-8-11-6-4-5-7-16(11)26-17/h4-7,9-10,17H,8H2,1-3H3,(H,20,21). The van der Waals surface area contributed by atoms with Crippen molar-refractivity contribution in [3.63, 3.8) is 0 Å². The maximum atomic E-state index is 12.7. The summed E-state index contributed by atoms with van der Waals surface area (Å²) < 4.78 is 15.3. The third-order valence-electron chi connectivity index (χ3n) is 4.13. The zero-order chi connectivity index (χ0) is 18.7. The average molecular weight is 373 g/mol. The molecule has 26 heavy (non-hydrogen) atoms. The molecule has 0 aliphatic carbocycles. The number of carbonyl (C=O) groups excluding carboxylic acids is 2. The largest absolute Gasteiger partial charge is 0.493 e. The van der Waals surface area contributed by atoms with E-state index in [1.165, 1.54) is 39.2 Å². The van der Waals surface area contributed by atoms with Crippen LogP contribution >= 0.6 is 11.8 Å². The molecule has 0 radical (unpaired) electrons. The number of esters is 1. The summed E-state index contributed by atoms with van der Waals surface area (Å²) in [6.45, 7) is 0. The van der Waals surface area contributed by atoms with Crippen LogP contribution in [0.1, 0.15) is 15.9 Å². The van der Waals surface area contributed by atoms with Crippen LogP contribution in [0, 0.1) is 0 Å². The van der Waals surface area contributed by atoms with Crippen LogP contribution in [-0.4, -0.2) is 38.5 Å². The van der Waals surface area contributed by atoms with Gasteiger partial charge in [0.1, 0.15) is 0 Å². The molecule has 2 aromatic carbocycles. The van der Waals surface area contributed by atoms with Crippen molar-refractivity contribution in [3.8, 4) is 11.5 Å². The van der Waals surface area contributed by atoms with Gasteiger partial charge < -0.3 is 19.5 Å². The Hall–Kier alpha value is -2.67. The van der Waals surface area contributed by atoms with Crippen molar-refractivity contribution < 1.29 is 23.8 Å². The van der Waals surface area contributed by atoms with Gasteiger partial charge in [0.15, 0.2) is 11.5 Å². The SMILES string of the molecule is COC(=O)c1cc(OC)c(OC)cc1NC(=O)C1Cc2ccccc2S1. The Labute approximate surface area is 155 Å². The zero-order valence-electron chi connectivity index (χ0n) is 14.7. The summed E-state index contributed by atoms with van der Waals surface area (Å²) in [7, 11) is 4.25. The van der Waals surface area contributed by atoms with Crippen molar-refractivity contribution in [2.45, 2.75) is 16.6 Å². The summed E-state index contributed by atoms with van der Waals surface area (Å²) in [6.07, 6.45) is 0.646. The second-order valence-corrected chi connectivity index (χ2v) is 6.90. The molecule has 0 saturated heterocycles. The first-order chi connectivity index (χ1) is 12.6. The third-order valence-corrected chi connectivity index (χ3v) is 5.44. The van der Waals surface area contributed by atoms with Crippen LogP contribution in [0.3, 0.4) is 0 Å². The lowest BCUT2D eigenvalue weighted by atomic mass is 10.1. The molecule has 0 bridgehead atoms. The van der Waals surface area contributed by atoms with Gasteiger partial charge in [-0.25, -0.2) is 4.79 Å². The number of thioether (sulfide) groups is 1. The second kappa shape index (κ2) is 7.70. The summed E-state index contributed by atoms with van der Waals surface area (Å²) in [4.78, 5) is 26.0. The molecule has 7 heteroatoms. The number of anilines is 1. The molecule has 1 N–H and O–H groups in total. The van der Waals surface area contributed by atoms with E-state index < -0.39 is 5.97 Å². The first-order valence-corrected chi connectivity index (χ1v) is 8.85. The van der Waals surface area contributed by atoms with Crippen molar-refractivity contribution in [2.24, 2.45) is 0 Å². The topological polar surface area (TPSA) is 73.9 Å². The van der Waals surface area contributed by atoms with Gasteiger partial charge in [-0.15, -0.1) is 11.8 Å². The number of amides is 1. The lowest BCUT2D eigenvalue weighted by Crippen LogP contribution is -2.26. The van der Waals surface area contributed by atoms with E-state index >= 15 is 0 Å². The Balaban J connectivity index is 1.86. The quantitative estimate of drug-likeness (QED) is 0.812. The normalized spacial score (nSPS) is 15.1. The molecular weight excluding hydrogens is 354 g/mol. The molecule has 0 aromatic heterocycles. The Bertz CT molecular complexity index is 827. The number of fused-ring (bicyclic) bond motifs is 1. The van der Waals surface area contributed by atoms with E-state index in [0.29, 0.717) is 23.6 Å². The second-order valence-electron chi connectivity index (χ2n) is 5.65. The summed E-state index contributed by atoms with van der Waals surface area (Å²) >= 11 is 1.52. The number of ether oxygens (including phenoxy) is 3. The number of rotatable bonds is 5.